The minimum atomic E-state index is -0.567. The van der Waals surface area contributed by atoms with Crippen LogP contribution in [0.3, 0.4) is 0 Å². The van der Waals surface area contributed by atoms with Crippen LogP contribution in [-0.4, -0.2) is 41.2 Å². The lowest BCUT2D eigenvalue weighted by Crippen LogP contribution is -2.26. The molecule has 0 radical (unpaired) electrons. The molecule has 3 rings (SSSR count). The predicted octanol–water partition coefficient (Wildman–Crippen LogP) is 2.21. The molecule has 0 unspecified atom stereocenters. The minimum Gasteiger partial charge on any atom is -0.395 e. The van der Waals surface area contributed by atoms with Crippen molar-refractivity contribution in [3.63, 3.8) is 0 Å². The lowest BCUT2D eigenvalue weighted by Gasteiger charge is -2.21. The molecule has 0 aliphatic carbocycles. The number of aliphatic hydroxyl groups excluding tert-OH is 1. The molecular formula is C16H21N7O. The van der Waals surface area contributed by atoms with E-state index in [4.69, 9.17) is 0 Å². The Hall–Kier alpha value is -2.61. The number of anilines is 2. The summed E-state index contributed by atoms with van der Waals surface area (Å²) < 4.78 is 1.99. The maximum atomic E-state index is 9.69. The average molecular weight is 327 g/mol. The first-order valence-electron chi connectivity index (χ1n) is 7.81. The first-order chi connectivity index (χ1) is 11.4. The first-order valence-corrected chi connectivity index (χ1v) is 7.81. The van der Waals surface area contributed by atoms with E-state index in [1.807, 2.05) is 18.4 Å². The van der Waals surface area contributed by atoms with Crippen LogP contribution >= 0.6 is 0 Å². The minimum absolute atomic E-state index is 0.0543. The second-order valence-electron chi connectivity index (χ2n) is 6.58. The maximum absolute atomic E-state index is 9.69. The molecule has 24 heavy (non-hydrogen) atoms. The highest BCUT2D eigenvalue weighted by Crippen LogP contribution is 2.28. The van der Waals surface area contributed by atoms with Crippen LogP contribution in [0.5, 0.6) is 0 Å². The molecule has 0 bridgehead atoms. The highest BCUT2D eigenvalue weighted by Gasteiger charge is 2.26. The Balaban J connectivity index is 2.19. The Labute approximate surface area is 140 Å². The first kappa shape index (κ1) is 16.3. The zero-order valence-electron chi connectivity index (χ0n) is 14.2. The quantitative estimate of drug-likeness (QED) is 0.740. The summed E-state index contributed by atoms with van der Waals surface area (Å²) in [5, 5.41) is 12.9. The van der Waals surface area contributed by atoms with E-state index in [0.717, 1.165) is 5.65 Å². The second kappa shape index (κ2) is 6.12. The summed E-state index contributed by atoms with van der Waals surface area (Å²) in [4.78, 5) is 21.8. The van der Waals surface area contributed by atoms with Crippen LogP contribution in [-0.2, 0) is 5.41 Å². The van der Waals surface area contributed by atoms with Gasteiger partial charge in [0.05, 0.1) is 12.9 Å². The van der Waals surface area contributed by atoms with Crippen LogP contribution < -0.4 is 5.32 Å². The Morgan fingerprint density at radius 1 is 1.25 bits per heavy atom. The van der Waals surface area contributed by atoms with Crippen molar-refractivity contribution in [2.45, 2.75) is 39.2 Å². The molecule has 8 nitrogen and oxygen atoms in total. The van der Waals surface area contributed by atoms with Gasteiger partial charge >= 0.3 is 0 Å². The Morgan fingerprint density at radius 2 is 2.04 bits per heavy atom. The number of nitrogens with zero attached hydrogens (tertiary/aromatic N) is 6. The van der Waals surface area contributed by atoms with Crippen molar-refractivity contribution in [1.82, 2.24) is 29.5 Å². The van der Waals surface area contributed by atoms with E-state index in [1.54, 1.807) is 18.6 Å². The van der Waals surface area contributed by atoms with Gasteiger partial charge in [-0.15, -0.1) is 0 Å². The molecule has 0 fully saturated rings. The average Bonchev–Trinajstić information content (AvgIpc) is 3.00. The third kappa shape index (κ3) is 2.92. The number of fused-ring (bicyclic) bond motifs is 1. The summed E-state index contributed by atoms with van der Waals surface area (Å²) in [5.41, 5.74) is 0.829. The van der Waals surface area contributed by atoms with Gasteiger partial charge in [-0.1, -0.05) is 13.8 Å². The van der Waals surface area contributed by atoms with Gasteiger partial charge in [-0.05, 0) is 19.9 Å². The van der Waals surface area contributed by atoms with Crippen molar-refractivity contribution >= 4 is 22.8 Å². The molecular weight excluding hydrogens is 306 g/mol. The van der Waals surface area contributed by atoms with Crippen molar-refractivity contribution in [3.05, 3.63) is 30.7 Å². The molecule has 0 spiro atoms. The van der Waals surface area contributed by atoms with Gasteiger partial charge < -0.3 is 15.0 Å². The second-order valence-corrected chi connectivity index (χ2v) is 6.58. The van der Waals surface area contributed by atoms with E-state index in [-0.39, 0.29) is 12.6 Å². The summed E-state index contributed by atoms with van der Waals surface area (Å²) in [7, 11) is 0. The Kier molecular flexibility index (Phi) is 4.15. The molecule has 0 saturated heterocycles. The van der Waals surface area contributed by atoms with Gasteiger partial charge in [0, 0.05) is 17.7 Å². The lowest BCUT2D eigenvalue weighted by molar-refractivity contribution is 0.212. The molecule has 3 aromatic heterocycles. The molecule has 0 amide bonds. The Morgan fingerprint density at radius 3 is 2.67 bits per heavy atom. The van der Waals surface area contributed by atoms with Gasteiger partial charge in [0.2, 0.25) is 0 Å². The topological polar surface area (TPSA) is 102 Å². The van der Waals surface area contributed by atoms with Crippen LogP contribution in [0, 0.1) is 0 Å². The largest absolute Gasteiger partial charge is 0.395 e. The van der Waals surface area contributed by atoms with Crippen molar-refractivity contribution in [3.8, 4) is 0 Å². The summed E-state index contributed by atoms with van der Waals surface area (Å²) in [6.07, 6.45) is 4.87. The molecule has 126 valence electrons. The normalized spacial score (nSPS) is 12.1. The van der Waals surface area contributed by atoms with E-state index in [9.17, 15) is 5.11 Å². The molecule has 3 heterocycles. The smallest absolute Gasteiger partial charge is 0.166 e. The fourth-order valence-corrected chi connectivity index (χ4v) is 2.24. The molecule has 0 aliphatic heterocycles. The molecule has 0 saturated carbocycles. The van der Waals surface area contributed by atoms with E-state index >= 15 is 0 Å². The number of hydrogen-bond donors (Lipinski definition) is 2. The van der Waals surface area contributed by atoms with Crippen molar-refractivity contribution < 1.29 is 5.11 Å². The van der Waals surface area contributed by atoms with Gasteiger partial charge in [-0.25, -0.2) is 24.9 Å². The van der Waals surface area contributed by atoms with Crippen molar-refractivity contribution in [1.29, 1.82) is 0 Å². The highest BCUT2D eigenvalue weighted by molar-refractivity contribution is 5.85. The lowest BCUT2D eigenvalue weighted by atomic mass is 9.94. The van der Waals surface area contributed by atoms with Gasteiger partial charge in [-0.3, -0.25) is 0 Å². The fourth-order valence-electron chi connectivity index (χ4n) is 2.24. The van der Waals surface area contributed by atoms with E-state index in [0.29, 0.717) is 23.0 Å². The van der Waals surface area contributed by atoms with Gasteiger partial charge in [0.1, 0.15) is 18.0 Å². The van der Waals surface area contributed by atoms with Crippen molar-refractivity contribution in [2.75, 3.05) is 11.9 Å². The molecule has 0 aromatic carbocycles. The molecule has 3 aromatic rings. The van der Waals surface area contributed by atoms with Gasteiger partial charge in [0.25, 0.3) is 0 Å². The van der Waals surface area contributed by atoms with Crippen LogP contribution in [0.25, 0.3) is 11.2 Å². The van der Waals surface area contributed by atoms with Crippen LogP contribution in [0.15, 0.2) is 24.9 Å². The Bertz CT molecular complexity index is 842. The van der Waals surface area contributed by atoms with E-state index in [1.165, 1.54) is 6.33 Å². The van der Waals surface area contributed by atoms with Crippen LogP contribution in [0.4, 0.5) is 11.6 Å². The SMILES string of the molecule is CC(C)n1cnc2c(Nc3ccncn3)nc(C(C)(C)CO)nc21. The molecule has 2 N–H and O–H groups in total. The third-order valence-corrected chi connectivity index (χ3v) is 3.81. The van der Waals surface area contributed by atoms with Gasteiger partial charge in [0.15, 0.2) is 17.0 Å². The fraction of sp³-hybridized carbons (Fsp3) is 0.438. The maximum Gasteiger partial charge on any atom is 0.166 e. The van der Waals surface area contributed by atoms with Crippen LogP contribution in [0.1, 0.15) is 39.6 Å². The zero-order valence-corrected chi connectivity index (χ0v) is 14.2. The van der Waals surface area contributed by atoms with Crippen LogP contribution in [0.2, 0.25) is 0 Å². The molecule has 0 atom stereocenters. The predicted molar refractivity (Wildman–Crippen MR) is 91.1 cm³/mol. The van der Waals surface area contributed by atoms with E-state index < -0.39 is 5.41 Å². The van der Waals surface area contributed by atoms with E-state index in [2.05, 4.69) is 44.1 Å². The van der Waals surface area contributed by atoms with Gasteiger partial charge in [-0.2, -0.15) is 0 Å². The monoisotopic (exact) mass is 327 g/mol. The number of hydrogen-bond acceptors (Lipinski definition) is 7. The summed E-state index contributed by atoms with van der Waals surface area (Å²) in [6, 6.07) is 1.96. The summed E-state index contributed by atoms with van der Waals surface area (Å²) >= 11 is 0. The number of nitrogens with one attached hydrogen (secondary N) is 1. The number of rotatable bonds is 5. The third-order valence-electron chi connectivity index (χ3n) is 3.81. The highest BCUT2D eigenvalue weighted by atomic mass is 16.3. The molecule has 0 aliphatic rings. The summed E-state index contributed by atoms with van der Waals surface area (Å²) in [6.45, 7) is 7.88. The molecule has 8 heteroatoms. The standard InChI is InChI=1S/C16H21N7O/c1-10(2)23-9-19-12-13(20-11-5-6-17-8-18-11)21-15(22-14(12)23)16(3,4)7-24/h5-6,8-10,24H,7H2,1-4H3,(H,17,18,20,21,22). The number of imidazole rings is 1. The summed E-state index contributed by atoms with van der Waals surface area (Å²) in [5.74, 6) is 1.74. The van der Waals surface area contributed by atoms with Crippen molar-refractivity contribution in [2.24, 2.45) is 0 Å². The number of aliphatic hydroxyl groups is 1. The number of aromatic nitrogens is 6. The zero-order chi connectivity index (χ0) is 17.3.